The number of carbonyl (C=O) groups is 1. The highest BCUT2D eigenvalue weighted by Crippen LogP contribution is 2.42. The molecular weight excluding hydrogens is 479 g/mol. The quantitative estimate of drug-likeness (QED) is 0.444. The third-order valence-electron chi connectivity index (χ3n) is 6.51. The molecule has 1 amide bonds. The Hall–Kier alpha value is -3.95. The molecule has 1 saturated heterocycles. The number of aromatic nitrogens is 1. The maximum atomic E-state index is 15.3. The van der Waals surface area contributed by atoms with Crippen molar-refractivity contribution < 1.29 is 28.2 Å². The number of hydrogen-bond acceptors (Lipinski definition) is 8. The van der Waals surface area contributed by atoms with E-state index in [9.17, 15) is 9.90 Å². The van der Waals surface area contributed by atoms with E-state index in [0.717, 1.165) is 5.56 Å². The van der Waals surface area contributed by atoms with Gasteiger partial charge in [-0.05, 0) is 63.8 Å². The lowest BCUT2D eigenvalue weighted by atomic mass is 9.88. The molecule has 0 radical (unpaired) electrons. The minimum absolute atomic E-state index is 0.0446. The van der Waals surface area contributed by atoms with E-state index in [2.05, 4.69) is 15.2 Å². The molecule has 2 aromatic heterocycles. The zero-order valence-electron chi connectivity index (χ0n) is 21.2. The molecule has 9 nitrogen and oxygen atoms in total. The summed E-state index contributed by atoms with van der Waals surface area (Å²) in [5.74, 6) is 0.840. The summed E-state index contributed by atoms with van der Waals surface area (Å²) in [6, 6.07) is 7.07. The van der Waals surface area contributed by atoms with Crippen molar-refractivity contribution >= 4 is 34.7 Å². The molecule has 0 spiro atoms. The highest BCUT2D eigenvalue weighted by molar-refractivity contribution is 5.95. The molecule has 37 heavy (non-hydrogen) atoms. The van der Waals surface area contributed by atoms with Crippen LogP contribution in [-0.4, -0.2) is 53.1 Å². The number of furan rings is 1. The molecule has 0 unspecified atom stereocenters. The normalized spacial score (nSPS) is 20.5. The van der Waals surface area contributed by atoms with Crippen LogP contribution < -0.4 is 4.74 Å². The Kier molecular flexibility index (Phi) is 6.35. The number of methoxy groups -OCH3 is 1. The second-order valence-electron chi connectivity index (χ2n) is 10.2. The lowest BCUT2D eigenvalue weighted by Crippen LogP contribution is -2.47. The van der Waals surface area contributed by atoms with Crippen LogP contribution in [0.25, 0.3) is 22.7 Å². The Labute approximate surface area is 213 Å². The molecular formula is C27H29FN4O5. The third kappa shape index (κ3) is 4.87. The molecule has 0 aliphatic carbocycles. The number of piperidine rings is 1. The number of hydrogen-bond donors (Lipinski definition) is 1. The van der Waals surface area contributed by atoms with Crippen molar-refractivity contribution in [1.29, 1.82) is 0 Å². The zero-order chi connectivity index (χ0) is 26.3. The SMILES string of the molecule is COc1ccc2c(O)c(C=C3N=Nc4ncccc43)oc2c1C[C@H]1CCN(C(=O)OC(C)(C)C)C[C@@H]1F. The van der Waals surface area contributed by atoms with Crippen LogP contribution in [0.4, 0.5) is 15.0 Å². The number of ether oxygens (including phenoxy) is 2. The largest absolute Gasteiger partial charge is 0.504 e. The summed E-state index contributed by atoms with van der Waals surface area (Å²) < 4.78 is 32.4. The van der Waals surface area contributed by atoms with Crippen LogP contribution in [0.15, 0.2) is 45.1 Å². The highest BCUT2D eigenvalue weighted by atomic mass is 19.1. The number of azo groups is 1. The van der Waals surface area contributed by atoms with Crippen LogP contribution in [0.5, 0.6) is 11.5 Å². The van der Waals surface area contributed by atoms with Gasteiger partial charge in [0.1, 0.15) is 28.8 Å². The lowest BCUT2D eigenvalue weighted by molar-refractivity contribution is 0.00547. The van der Waals surface area contributed by atoms with Crippen molar-refractivity contribution in [2.45, 2.75) is 45.4 Å². The molecule has 2 atom stereocenters. The number of rotatable bonds is 4. The van der Waals surface area contributed by atoms with Crippen molar-refractivity contribution in [2.75, 3.05) is 20.2 Å². The monoisotopic (exact) mass is 508 g/mol. The van der Waals surface area contributed by atoms with Gasteiger partial charge in [0.05, 0.1) is 19.0 Å². The molecule has 1 N–H and O–H groups in total. The predicted octanol–water partition coefficient (Wildman–Crippen LogP) is 6.28. The third-order valence-corrected chi connectivity index (χ3v) is 6.51. The number of halogens is 1. The minimum atomic E-state index is -1.26. The van der Waals surface area contributed by atoms with E-state index in [-0.39, 0.29) is 24.0 Å². The number of likely N-dealkylation sites (tertiary alicyclic amines) is 1. The van der Waals surface area contributed by atoms with Gasteiger partial charge in [0, 0.05) is 29.9 Å². The van der Waals surface area contributed by atoms with Gasteiger partial charge in [-0.25, -0.2) is 14.2 Å². The minimum Gasteiger partial charge on any atom is -0.504 e. The average molecular weight is 509 g/mol. The summed E-state index contributed by atoms with van der Waals surface area (Å²) in [6.45, 7) is 5.69. The Morgan fingerprint density at radius 3 is 2.84 bits per heavy atom. The van der Waals surface area contributed by atoms with E-state index in [1.54, 1.807) is 51.2 Å². The number of carbonyl (C=O) groups excluding carboxylic acids is 1. The van der Waals surface area contributed by atoms with Crippen LogP contribution in [-0.2, 0) is 11.2 Å². The van der Waals surface area contributed by atoms with E-state index in [1.165, 1.54) is 12.0 Å². The van der Waals surface area contributed by atoms with Gasteiger partial charge >= 0.3 is 6.09 Å². The number of fused-ring (bicyclic) bond motifs is 2. The first-order valence-electron chi connectivity index (χ1n) is 12.2. The summed E-state index contributed by atoms with van der Waals surface area (Å²) in [4.78, 5) is 18.0. The summed E-state index contributed by atoms with van der Waals surface area (Å²) >= 11 is 0. The van der Waals surface area contributed by atoms with Crippen LogP contribution in [0.1, 0.15) is 44.1 Å². The van der Waals surface area contributed by atoms with E-state index < -0.39 is 17.9 Å². The first kappa shape index (κ1) is 24.7. The molecule has 10 heteroatoms. The van der Waals surface area contributed by atoms with Crippen molar-refractivity contribution in [3.05, 3.63) is 47.3 Å². The second kappa shape index (κ2) is 9.49. The Bertz CT molecular complexity index is 1410. The van der Waals surface area contributed by atoms with E-state index in [1.807, 2.05) is 6.07 Å². The molecule has 0 saturated carbocycles. The smallest absolute Gasteiger partial charge is 0.410 e. The number of benzene rings is 1. The van der Waals surface area contributed by atoms with Crippen LogP contribution in [0.2, 0.25) is 0 Å². The van der Waals surface area contributed by atoms with Crippen molar-refractivity contribution in [3.8, 4) is 11.5 Å². The first-order chi connectivity index (χ1) is 17.6. The van der Waals surface area contributed by atoms with Gasteiger partial charge in [-0.3, -0.25) is 0 Å². The fourth-order valence-corrected chi connectivity index (χ4v) is 4.69. The van der Waals surface area contributed by atoms with Gasteiger partial charge < -0.3 is 23.9 Å². The number of pyridine rings is 1. The molecule has 1 fully saturated rings. The molecule has 0 bridgehead atoms. The number of aromatic hydroxyl groups is 1. The van der Waals surface area contributed by atoms with Gasteiger partial charge in [-0.1, -0.05) is 0 Å². The summed E-state index contributed by atoms with van der Waals surface area (Å²) in [5, 5.41) is 19.6. The fraction of sp³-hybridized carbons (Fsp3) is 0.407. The van der Waals surface area contributed by atoms with Crippen molar-refractivity contribution in [2.24, 2.45) is 16.1 Å². The Morgan fingerprint density at radius 1 is 1.30 bits per heavy atom. The Morgan fingerprint density at radius 2 is 2.11 bits per heavy atom. The summed E-state index contributed by atoms with van der Waals surface area (Å²) in [7, 11) is 1.54. The topological polar surface area (TPSA) is 110 Å². The molecule has 2 aliphatic heterocycles. The van der Waals surface area contributed by atoms with E-state index >= 15 is 4.39 Å². The highest BCUT2D eigenvalue weighted by Gasteiger charge is 2.35. The molecule has 4 heterocycles. The maximum absolute atomic E-state index is 15.3. The van der Waals surface area contributed by atoms with Crippen LogP contribution in [0, 0.1) is 5.92 Å². The average Bonchev–Trinajstić information content (AvgIpc) is 3.40. The molecule has 1 aromatic carbocycles. The van der Waals surface area contributed by atoms with Gasteiger partial charge in [0.25, 0.3) is 0 Å². The zero-order valence-corrected chi connectivity index (χ0v) is 21.2. The molecule has 2 aliphatic rings. The van der Waals surface area contributed by atoms with E-state index in [0.29, 0.717) is 53.2 Å². The van der Waals surface area contributed by atoms with Crippen LogP contribution in [0.3, 0.4) is 0 Å². The predicted molar refractivity (Wildman–Crippen MR) is 136 cm³/mol. The van der Waals surface area contributed by atoms with E-state index in [4.69, 9.17) is 13.9 Å². The fourth-order valence-electron chi connectivity index (χ4n) is 4.69. The van der Waals surface area contributed by atoms with Crippen molar-refractivity contribution in [1.82, 2.24) is 9.88 Å². The number of alkyl halides is 1. The number of amides is 1. The standard InChI is InChI=1S/C27H29FN4O5/c1-27(2,3)37-26(34)32-11-9-15(19(28)14-32)12-18-21(35-4)8-7-17-23(33)22(36-24(17)18)13-20-16-6-5-10-29-25(16)31-30-20/h5-8,10,13,15,19,33H,9,11-12,14H2,1-4H3/t15-,19+/m1/s1. The molecule has 194 valence electrons. The van der Waals surface area contributed by atoms with Crippen LogP contribution >= 0.6 is 0 Å². The maximum Gasteiger partial charge on any atom is 0.410 e. The van der Waals surface area contributed by atoms with Gasteiger partial charge in [-0.15, -0.1) is 10.2 Å². The Balaban J connectivity index is 1.42. The van der Waals surface area contributed by atoms with Gasteiger partial charge in [-0.2, -0.15) is 0 Å². The van der Waals surface area contributed by atoms with Gasteiger partial charge in [0.2, 0.25) is 0 Å². The number of nitrogens with zero attached hydrogens (tertiary/aromatic N) is 4. The summed E-state index contributed by atoms with van der Waals surface area (Å²) in [6.07, 6.45) is 2.25. The lowest BCUT2D eigenvalue weighted by Gasteiger charge is -2.35. The second-order valence-corrected chi connectivity index (χ2v) is 10.2. The van der Waals surface area contributed by atoms with Gasteiger partial charge in [0.15, 0.2) is 17.3 Å². The molecule has 3 aromatic rings. The molecule has 5 rings (SSSR count). The van der Waals surface area contributed by atoms with Crippen molar-refractivity contribution in [3.63, 3.8) is 0 Å². The first-order valence-corrected chi connectivity index (χ1v) is 12.2. The summed E-state index contributed by atoms with van der Waals surface area (Å²) in [5.41, 5.74) is 1.69.